The van der Waals surface area contributed by atoms with Gasteiger partial charge >= 0.3 is 0 Å². The van der Waals surface area contributed by atoms with Gasteiger partial charge < -0.3 is 9.26 Å². The zero-order chi connectivity index (χ0) is 12.1. The Morgan fingerprint density at radius 3 is 3.00 bits per heavy atom. The lowest BCUT2D eigenvalue weighted by atomic mass is 10.5. The summed E-state index contributed by atoms with van der Waals surface area (Å²) in [5, 5.41) is 7.97. The number of nitrogens with zero attached hydrogens (tertiary/aromatic N) is 4. The molecule has 0 aliphatic rings. The molecule has 0 saturated carbocycles. The van der Waals surface area contributed by atoms with E-state index in [4.69, 9.17) is 9.26 Å². The highest BCUT2D eigenvalue weighted by atomic mass is 16.5. The Labute approximate surface area is 99.6 Å². The quantitative estimate of drug-likeness (QED) is 0.765. The third kappa shape index (κ3) is 3.05. The number of aryl methyl sites for hydroxylation is 2. The second-order valence-corrected chi connectivity index (χ2v) is 3.69. The molecule has 17 heavy (non-hydrogen) atoms. The SMILES string of the molecule is CCCn1cc(OCc2noc(CC)n2)cn1. The van der Waals surface area contributed by atoms with Crippen molar-refractivity contribution in [3.05, 3.63) is 24.1 Å². The third-order valence-electron chi connectivity index (χ3n) is 2.24. The number of ether oxygens (including phenoxy) is 1. The van der Waals surface area contributed by atoms with E-state index in [1.807, 2.05) is 17.8 Å². The van der Waals surface area contributed by atoms with Gasteiger partial charge in [0, 0.05) is 13.0 Å². The van der Waals surface area contributed by atoms with Gasteiger partial charge in [-0.3, -0.25) is 4.68 Å². The Hall–Kier alpha value is -1.85. The highest BCUT2D eigenvalue weighted by Crippen LogP contribution is 2.10. The third-order valence-corrected chi connectivity index (χ3v) is 2.24. The van der Waals surface area contributed by atoms with Crippen LogP contribution in [0.1, 0.15) is 32.0 Å². The van der Waals surface area contributed by atoms with E-state index < -0.39 is 0 Å². The van der Waals surface area contributed by atoms with Gasteiger partial charge in [-0.25, -0.2) is 0 Å². The Morgan fingerprint density at radius 2 is 2.29 bits per heavy atom. The maximum Gasteiger partial charge on any atom is 0.226 e. The van der Waals surface area contributed by atoms with Gasteiger partial charge in [-0.1, -0.05) is 19.0 Å². The molecule has 2 rings (SSSR count). The number of aromatic nitrogens is 4. The van der Waals surface area contributed by atoms with Gasteiger partial charge in [0.1, 0.15) is 0 Å². The van der Waals surface area contributed by atoms with E-state index in [9.17, 15) is 0 Å². The van der Waals surface area contributed by atoms with Crippen LogP contribution in [0.3, 0.4) is 0 Å². The van der Waals surface area contributed by atoms with Crippen LogP contribution in [0.15, 0.2) is 16.9 Å². The van der Waals surface area contributed by atoms with Crippen LogP contribution in [-0.2, 0) is 19.6 Å². The van der Waals surface area contributed by atoms with E-state index in [0.29, 0.717) is 18.3 Å². The van der Waals surface area contributed by atoms with Gasteiger partial charge in [0.2, 0.25) is 11.7 Å². The zero-order valence-corrected chi connectivity index (χ0v) is 10.1. The first-order valence-corrected chi connectivity index (χ1v) is 5.78. The molecule has 0 atom stereocenters. The molecule has 92 valence electrons. The molecule has 0 bridgehead atoms. The van der Waals surface area contributed by atoms with Crippen LogP contribution in [0.2, 0.25) is 0 Å². The van der Waals surface area contributed by atoms with Crippen LogP contribution in [0, 0.1) is 0 Å². The summed E-state index contributed by atoms with van der Waals surface area (Å²) in [5.41, 5.74) is 0. The van der Waals surface area contributed by atoms with Crippen LogP contribution in [0.4, 0.5) is 0 Å². The molecule has 0 amide bonds. The van der Waals surface area contributed by atoms with Crippen LogP contribution in [-0.4, -0.2) is 19.9 Å². The smallest absolute Gasteiger partial charge is 0.226 e. The number of hydrogen-bond acceptors (Lipinski definition) is 5. The second kappa shape index (κ2) is 5.47. The molecule has 0 aliphatic heterocycles. The summed E-state index contributed by atoms with van der Waals surface area (Å²) in [6, 6.07) is 0. The minimum absolute atomic E-state index is 0.307. The van der Waals surface area contributed by atoms with Gasteiger partial charge in [0.25, 0.3) is 0 Å². The van der Waals surface area contributed by atoms with Crippen molar-refractivity contribution in [1.29, 1.82) is 0 Å². The van der Waals surface area contributed by atoms with E-state index in [1.54, 1.807) is 6.20 Å². The largest absolute Gasteiger partial charge is 0.482 e. The Bertz CT molecular complexity index is 463. The fourth-order valence-electron chi connectivity index (χ4n) is 1.41. The van der Waals surface area contributed by atoms with Crippen LogP contribution >= 0.6 is 0 Å². The molecule has 0 spiro atoms. The summed E-state index contributed by atoms with van der Waals surface area (Å²) in [5.74, 6) is 1.91. The summed E-state index contributed by atoms with van der Waals surface area (Å²) in [7, 11) is 0. The van der Waals surface area contributed by atoms with E-state index in [0.717, 1.165) is 25.1 Å². The normalized spacial score (nSPS) is 10.7. The number of rotatable bonds is 6. The molecule has 0 aliphatic carbocycles. The summed E-state index contributed by atoms with van der Waals surface area (Å²) >= 11 is 0. The first kappa shape index (κ1) is 11.6. The van der Waals surface area contributed by atoms with E-state index in [2.05, 4.69) is 22.2 Å². The molecule has 0 radical (unpaired) electrons. The first-order chi connectivity index (χ1) is 8.31. The van der Waals surface area contributed by atoms with Crippen molar-refractivity contribution in [2.45, 2.75) is 39.8 Å². The van der Waals surface area contributed by atoms with Crippen LogP contribution < -0.4 is 4.74 Å². The minimum Gasteiger partial charge on any atom is -0.482 e. The van der Waals surface area contributed by atoms with Crippen LogP contribution in [0.25, 0.3) is 0 Å². The van der Waals surface area contributed by atoms with Gasteiger partial charge in [-0.05, 0) is 6.42 Å². The Kier molecular flexibility index (Phi) is 3.74. The van der Waals surface area contributed by atoms with Crippen molar-refractivity contribution < 1.29 is 9.26 Å². The molecule has 0 aromatic carbocycles. The van der Waals surface area contributed by atoms with Gasteiger partial charge in [-0.2, -0.15) is 10.1 Å². The highest BCUT2D eigenvalue weighted by Gasteiger charge is 2.06. The lowest BCUT2D eigenvalue weighted by Crippen LogP contribution is -1.98. The molecule has 6 nitrogen and oxygen atoms in total. The predicted molar refractivity (Wildman–Crippen MR) is 60.5 cm³/mol. The summed E-state index contributed by atoms with van der Waals surface area (Å²) in [4.78, 5) is 4.16. The summed E-state index contributed by atoms with van der Waals surface area (Å²) in [6.45, 7) is 5.27. The van der Waals surface area contributed by atoms with Crippen molar-refractivity contribution >= 4 is 0 Å². The zero-order valence-electron chi connectivity index (χ0n) is 10.1. The predicted octanol–water partition coefficient (Wildman–Crippen LogP) is 1.82. The molecule has 0 unspecified atom stereocenters. The standard InChI is InChI=1S/C11H16N4O2/c1-3-5-15-7-9(6-12-15)16-8-10-13-11(4-2)17-14-10/h6-7H,3-5,8H2,1-2H3. The van der Waals surface area contributed by atoms with E-state index in [-0.39, 0.29) is 0 Å². The maximum absolute atomic E-state index is 5.51. The first-order valence-electron chi connectivity index (χ1n) is 5.78. The van der Waals surface area contributed by atoms with Crippen molar-refractivity contribution in [2.24, 2.45) is 0 Å². The van der Waals surface area contributed by atoms with Gasteiger partial charge in [0.15, 0.2) is 12.4 Å². The average molecular weight is 236 g/mol. The molecule has 6 heteroatoms. The molecule has 0 fully saturated rings. The molecule has 2 aromatic heterocycles. The van der Waals surface area contributed by atoms with Crippen molar-refractivity contribution in [1.82, 2.24) is 19.9 Å². The topological polar surface area (TPSA) is 66.0 Å². The monoisotopic (exact) mass is 236 g/mol. The number of hydrogen-bond donors (Lipinski definition) is 0. The highest BCUT2D eigenvalue weighted by molar-refractivity contribution is 5.11. The maximum atomic E-state index is 5.51. The van der Waals surface area contributed by atoms with Crippen LogP contribution in [0.5, 0.6) is 5.75 Å². The van der Waals surface area contributed by atoms with Crippen molar-refractivity contribution in [3.8, 4) is 5.75 Å². The van der Waals surface area contributed by atoms with Crippen molar-refractivity contribution in [2.75, 3.05) is 0 Å². The Balaban J connectivity index is 1.88. The van der Waals surface area contributed by atoms with Gasteiger partial charge in [0.05, 0.1) is 12.4 Å². The molecule has 2 heterocycles. The summed E-state index contributed by atoms with van der Waals surface area (Å²) < 4.78 is 12.3. The molecule has 0 saturated heterocycles. The lowest BCUT2D eigenvalue weighted by Gasteiger charge is -1.98. The Morgan fingerprint density at radius 1 is 1.41 bits per heavy atom. The van der Waals surface area contributed by atoms with Gasteiger partial charge in [-0.15, -0.1) is 0 Å². The summed E-state index contributed by atoms with van der Waals surface area (Å²) in [6.07, 6.45) is 5.34. The lowest BCUT2D eigenvalue weighted by molar-refractivity contribution is 0.285. The van der Waals surface area contributed by atoms with E-state index >= 15 is 0 Å². The minimum atomic E-state index is 0.307. The molecular weight excluding hydrogens is 220 g/mol. The fourth-order valence-corrected chi connectivity index (χ4v) is 1.41. The molecule has 0 N–H and O–H groups in total. The average Bonchev–Trinajstić information content (AvgIpc) is 2.95. The van der Waals surface area contributed by atoms with E-state index in [1.165, 1.54) is 0 Å². The molecular formula is C11H16N4O2. The van der Waals surface area contributed by atoms with Crippen molar-refractivity contribution in [3.63, 3.8) is 0 Å². The molecule has 2 aromatic rings. The fraction of sp³-hybridized carbons (Fsp3) is 0.545. The second-order valence-electron chi connectivity index (χ2n) is 3.69.